The second kappa shape index (κ2) is 26.3. The molecule has 0 atom stereocenters. The molecule has 2 radical (unpaired) electrons. The molecule has 0 heterocycles. The number of carbonyl (C=O) groups excluding carboxylic acids is 4. The molecular weight excluding hydrogens is 949 g/mol. The van der Waals surface area contributed by atoms with E-state index in [9.17, 15) is 80.1 Å². The third-order valence-corrected chi connectivity index (χ3v) is 6.78. The van der Waals surface area contributed by atoms with Gasteiger partial charge in [-0.3, -0.25) is 40.5 Å². The fourth-order valence-electron chi connectivity index (χ4n) is 3.13. The summed E-state index contributed by atoms with van der Waals surface area (Å²) in [4.78, 5) is 79.6. The van der Waals surface area contributed by atoms with Crippen LogP contribution >= 0.6 is 46.4 Å². The van der Waals surface area contributed by atoms with Gasteiger partial charge in [0.2, 0.25) is 0 Å². The second-order valence-electron chi connectivity index (χ2n) is 8.83. The SMILES string of the molecule is O=C([O-])c1ccc([N+](=O)[O-])cc1Cl.O=C([O-])c1ccc([N+](=O)[O-])cc1Cl.O=C([O-])c1ccc([N+](=O)[O-])cc1Cl.O=C([O-])c1ccc([N+](=O)[O-])cc1Cl.[Cu+2].[Cu+2].[OH3+].[OH3+]. The molecule has 0 spiro atoms. The molecule has 0 fully saturated rings. The van der Waals surface area contributed by atoms with Crippen molar-refractivity contribution in [2.24, 2.45) is 0 Å². The number of benzene rings is 4. The van der Waals surface area contributed by atoms with Gasteiger partial charge in [-0.2, -0.15) is 0 Å². The number of hydrogen-bond acceptors (Lipinski definition) is 16. The summed E-state index contributed by atoms with van der Waals surface area (Å²) in [5.74, 6) is -5.83. The summed E-state index contributed by atoms with van der Waals surface area (Å²) in [6, 6.07) is 12.2. The van der Waals surface area contributed by atoms with Crippen LogP contribution in [0.3, 0.4) is 0 Å². The van der Waals surface area contributed by atoms with Crippen LogP contribution < -0.4 is 20.4 Å². The summed E-state index contributed by atoms with van der Waals surface area (Å²) in [6.07, 6.45) is 0. The molecule has 0 amide bonds. The number of nitro benzene ring substituents is 4. The van der Waals surface area contributed by atoms with Crippen LogP contribution in [0.4, 0.5) is 22.7 Å². The molecule has 28 heteroatoms. The first-order chi connectivity index (χ1) is 24.1. The minimum Gasteiger partial charge on any atom is -0.545 e. The van der Waals surface area contributed by atoms with Crippen molar-refractivity contribution in [3.8, 4) is 0 Å². The Labute approximate surface area is 351 Å². The third kappa shape index (κ3) is 17.7. The van der Waals surface area contributed by atoms with Gasteiger partial charge >= 0.3 is 34.1 Å². The van der Waals surface area contributed by atoms with Gasteiger partial charge in [-0.15, -0.1) is 0 Å². The van der Waals surface area contributed by atoms with Crippen molar-refractivity contribution in [2.75, 3.05) is 0 Å². The van der Waals surface area contributed by atoms with Crippen molar-refractivity contribution >= 4 is 93.0 Å². The Balaban J connectivity index is -0.000000314. The minimum atomic E-state index is -1.46. The van der Waals surface area contributed by atoms with E-state index in [-0.39, 0.29) is 110 Å². The van der Waals surface area contributed by atoms with Crippen LogP contribution in [0.5, 0.6) is 0 Å². The van der Waals surface area contributed by atoms with E-state index in [4.69, 9.17) is 46.4 Å². The fraction of sp³-hybridized carbons (Fsp3) is 0. The van der Waals surface area contributed by atoms with Gasteiger partial charge in [-0.25, -0.2) is 0 Å². The van der Waals surface area contributed by atoms with Crippen LogP contribution in [0, 0.1) is 40.5 Å². The van der Waals surface area contributed by atoms with E-state index in [1.54, 1.807) is 0 Å². The van der Waals surface area contributed by atoms with Crippen molar-refractivity contribution < 1.29 is 104 Å². The number of carboxylic acid groups (broad SMARTS) is 4. The molecule has 0 unspecified atom stereocenters. The van der Waals surface area contributed by atoms with Crippen molar-refractivity contribution in [1.29, 1.82) is 0 Å². The Morgan fingerprint density at radius 2 is 0.518 bits per heavy atom. The summed E-state index contributed by atoms with van der Waals surface area (Å²) in [7, 11) is 0. The van der Waals surface area contributed by atoms with Crippen LogP contribution in [0.15, 0.2) is 72.8 Å². The van der Waals surface area contributed by atoms with Gasteiger partial charge in [0.1, 0.15) is 0 Å². The molecule has 0 saturated heterocycles. The van der Waals surface area contributed by atoms with E-state index in [0.717, 1.165) is 72.8 Å². The van der Waals surface area contributed by atoms with Crippen molar-refractivity contribution in [3.05, 3.63) is 156 Å². The van der Waals surface area contributed by atoms with Gasteiger partial charge in [0, 0.05) is 70.8 Å². The number of aromatic carboxylic acids is 4. The molecule has 4 aromatic carbocycles. The van der Waals surface area contributed by atoms with Gasteiger partial charge in [0.25, 0.3) is 22.7 Å². The number of nitrogens with zero attached hydrogens (tertiary/aromatic N) is 4. The molecule has 0 aliphatic heterocycles. The fourth-order valence-corrected chi connectivity index (χ4v) is 4.14. The Hall–Kier alpha value is -5.52. The van der Waals surface area contributed by atoms with Gasteiger partial charge in [-0.1, -0.05) is 46.4 Å². The summed E-state index contributed by atoms with van der Waals surface area (Å²) < 4.78 is 0. The number of carbonyl (C=O) groups is 4. The molecule has 4 rings (SSSR count). The third-order valence-electron chi connectivity index (χ3n) is 5.53. The van der Waals surface area contributed by atoms with Crippen LogP contribution in [0.1, 0.15) is 41.4 Å². The number of carboxylic acids is 4. The first-order valence-electron chi connectivity index (χ1n) is 12.7. The summed E-state index contributed by atoms with van der Waals surface area (Å²) in [5, 5.41) is 81.4. The molecule has 0 aliphatic rings. The topological polar surface area (TPSA) is 399 Å². The standard InChI is InChI=1S/4C7H4ClNO4.2Cu.2H2O/c4*8-6-3-4(9(12)13)1-2-5(6)7(10)11;;;;/h4*1-3H,(H,10,11);;;2*1H2/q;;;;2*+2;;/p-2. The van der Waals surface area contributed by atoms with Crippen molar-refractivity contribution in [2.45, 2.75) is 0 Å². The molecular formula is C28H18Cl4Cu2N4O18+2. The number of non-ortho nitro benzene ring substituents is 4. The largest absolute Gasteiger partial charge is 2.00 e. The molecule has 6 N–H and O–H groups in total. The van der Waals surface area contributed by atoms with Crippen molar-refractivity contribution in [1.82, 2.24) is 0 Å². The molecule has 4 aromatic rings. The number of rotatable bonds is 8. The maximum absolute atomic E-state index is 10.3. The number of nitro groups is 4. The average molecular weight is 967 g/mol. The molecule has 0 saturated carbocycles. The Morgan fingerprint density at radius 1 is 0.375 bits per heavy atom. The van der Waals surface area contributed by atoms with E-state index >= 15 is 0 Å². The summed E-state index contributed by atoms with van der Waals surface area (Å²) in [5.41, 5.74) is -2.05. The van der Waals surface area contributed by atoms with E-state index in [1.165, 1.54) is 0 Å². The van der Waals surface area contributed by atoms with Gasteiger partial charge in [-0.05, 0) is 24.3 Å². The molecule has 0 bridgehead atoms. The van der Waals surface area contributed by atoms with Crippen LogP contribution in [0.25, 0.3) is 0 Å². The van der Waals surface area contributed by atoms with Crippen LogP contribution in [-0.2, 0) is 45.1 Å². The monoisotopic (exact) mass is 964 g/mol. The zero-order valence-electron chi connectivity index (χ0n) is 26.5. The van der Waals surface area contributed by atoms with Gasteiger partial charge in [0.15, 0.2) is 0 Å². The molecule has 0 aliphatic carbocycles. The molecule has 22 nitrogen and oxygen atoms in total. The quantitative estimate of drug-likeness (QED) is 0.101. The molecule has 56 heavy (non-hydrogen) atoms. The zero-order chi connectivity index (χ0) is 40.0. The van der Waals surface area contributed by atoms with Crippen LogP contribution in [0.2, 0.25) is 20.1 Å². The van der Waals surface area contributed by atoms with E-state index in [0.29, 0.717) is 0 Å². The van der Waals surface area contributed by atoms with E-state index < -0.39 is 43.6 Å². The first-order valence-corrected chi connectivity index (χ1v) is 14.2. The predicted molar refractivity (Wildman–Crippen MR) is 179 cm³/mol. The van der Waals surface area contributed by atoms with E-state index in [1.807, 2.05) is 0 Å². The maximum Gasteiger partial charge on any atom is 2.00 e. The maximum atomic E-state index is 10.3. The minimum absolute atomic E-state index is 0. The normalized spacial score (nSPS) is 8.93. The van der Waals surface area contributed by atoms with Gasteiger partial charge in [0.05, 0.1) is 63.7 Å². The number of halogens is 4. The summed E-state index contributed by atoms with van der Waals surface area (Å²) >= 11 is 21.8. The zero-order valence-corrected chi connectivity index (χ0v) is 31.4. The Bertz CT molecular complexity index is 1820. The van der Waals surface area contributed by atoms with Gasteiger partial charge < -0.3 is 50.6 Å². The summed E-state index contributed by atoms with van der Waals surface area (Å²) in [6.45, 7) is 0. The predicted octanol–water partition coefficient (Wildman–Crippen LogP) is 0.598. The van der Waals surface area contributed by atoms with Crippen LogP contribution in [-0.4, -0.2) is 43.6 Å². The van der Waals surface area contributed by atoms with E-state index in [2.05, 4.69) is 0 Å². The Morgan fingerprint density at radius 3 is 0.607 bits per heavy atom. The smallest absolute Gasteiger partial charge is 0.545 e. The molecule has 306 valence electrons. The number of hydrogen-bond donors (Lipinski definition) is 0. The first kappa shape index (κ1) is 57.2. The van der Waals surface area contributed by atoms with Crippen molar-refractivity contribution in [3.63, 3.8) is 0 Å². The second-order valence-corrected chi connectivity index (χ2v) is 10.5. The Kier molecular flexibility index (Phi) is 26.9. The molecule has 0 aromatic heterocycles. The average Bonchev–Trinajstić information content (AvgIpc) is 3.04.